The Morgan fingerprint density at radius 1 is 1.00 bits per heavy atom. The summed E-state index contributed by atoms with van der Waals surface area (Å²) in [6, 6.07) is 13.1. The Hall–Kier alpha value is -2.57. The second-order valence-electron chi connectivity index (χ2n) is 5.80. The number of aryl methyl sites for hydroxylation is 1. The lowest BCUT2D eigenvalue weighted by molar-refractivity contribution is 0.0884. The number of hydrogen-bond donors (Lipinski definition) is 3. The van der Waals surface area contributed by atoms with Gasteiger partial charge in [-0.3, -0.25) is 5.10 Å². The van der Waals surface area contributed by atoms with Crippen molar-refractivity contribution in [2.24, 2.45) is 0 Å². The molecule has 4 nitrogen and oxygen atoms in total. The second kappa shape index (κ2) is 7.55. The predicted octanol–water partition coefficient (Wildman–Crippen LogP) is 3.31. The number of hydrogen-bond acceptors (Lipinski definition) is 3. The summed E-state index contributed by atoms with van der Waals surface area (Å²) < 4.78 is 27.0. The average Bonchev–Trinajstić information content (AvgIpc) is 3.06. The van der Waals surface area contributed by atoms with Crippen molar-refractivity contribution in [2.45, 2.75) is 18.9 Å². The van der Waals surface area contributed by atoms with Gasteiger partial charge in [0, 0.05) is 16.8 Å². The minimum atomic E-state index is -0.931. The normalized spacial score (nSPS) is 12.3. The first kappa shape index (κ1) is 17.3. The molecule has 1 atom stereocenters. The fourth-order valence-electron chi connectivity index (χ4n) is 2.73. The van der Waals surface area contributed by atoms with E-state index in [1.807, 2.05) is 30.3 Å². The van der Waals surface area contributed by atoms with E-state index in [1.54, 1.807) is 0 Å². The number of aromatic amines is 1. The van der Waals surface area contributed by atoms with Gasteiger partial charge >= 0.3 is 0 Å². The lowest BCUT2D eigenvalue weighted by Gasteiger charge is -2.09. The Morgan fingerprint density at radius 2 is 1.76 bits per heavy atom. The van der Waals surface area contributed by atoms with Gasteiger partial charge < -0.3 is 10.2 Å². The highest BCUT2D eigenvalue weighted by atomic mass is 19.2. The molecule has 1 aromatic heterocycles. The van der Waals surface area contributed by atoms with Gasteiger partial charge in [-0.15, -0.1) is 0 Å². The van der Waals surface area contributed by atoms with Crippen molar-refractivity contribution in [1.29, 1.82) is 0 Å². The Balaban J connectivity index is 2.07. The van der Waals surface area contributed by atoms with Crippen LogP contribution in [0.4, 0.5) is 8.78 Å². The summed E-state index contributed by atoms with van der Waals surface area (Å²) in [5.74, 6) is -1.84. The molecule has 0 saturated heterocycles. The lowest BCUT2D eigenvalue weighted by Crippen LogP contribution is -2.13. The van der Waals surface area contributed by atoms with Gasteiger partial charge in [-0.05, 0) is 30.5 Å². The first-order valence-corrected chi connectivity index (χ1v) is 7.97. The smallest absolute Gasteiger partial charge is 0.159 e. The van der Waals surface area contributed by atoms with E-state index in [0.717, 1.165) is 17.7 Å². The largest absolute Gasteiger partial charge is 0.394 e. The highest BCUT2D eigenvalue weighted by Gasteiger charge is 2.18. The maximum absolute atomic E-state index is 13.7. The Labute approximate surface area is 143 Å². The second-order valence-corrected chi connectivity index (χ2v) is 5.80. The predicted molar refractivity (Wildman–Crippen MR) is 90.8 cm³/mol. The molecule has 3 N–H and O–H groups in total. The molecule has 3 aromatic rings. The van der Waals surface area contributed by atoms with Crippen LogP contribution in [0.25, 0.3) is 22.4 Å². The molecule has 0 bridgehead atoms. The number of halogens is 2. The Kier molecular flexibility index (Phi) is 5.21. The highest BCUT2D eigenvalue weighted by Crippen LogP contribution is 2.34. The SMILES string of the molecule is OC[C@@H](O)CCc1[nH]nc(-c2ccccc2)c1-c1ccc(F)c(F)c1. The molecule has 0 fully saturated rings. The molecule has 0 aliphatic carbocycles. The molecule has 0 aliphatic rings. The molecule has 130 valence electrons. The van der Waals surface area contributed by atoms with Crippen LogP contribution in [0.3, 0.4) is 0 Å². The number of aromatic nitrogens is 2. The van der Waals surface area contributed by atoms with Crippen molar-refractivity contribution in [1.82, 2.24) is 10.2 Å². The molecular weight excluding hydrogens is 326 g/mol. The maximum atomic E-state index is 13.7. The molecule has 0 spiro atoms. The van der Waals surface area contributed by atoms with Crippen molar-refractivity contribution in [3.05, 3.63) is 65.9 Å². The van der Waals surface area contributed by atoms with E-state index in [4.69, 9.17) is 5.11 Å². The zero-order valence-corrected chi connectivity index (χ0v) is 13.4. The van der Waals surface area contributed by atoms with Crippen molar-refractivity contribution < 1.29 is 19.0 Å². The third-order valence-electron chi connectivity index (χ3n) is 4.04. The number of aliphatic hydroxyl groups is 2. The zero-order valence-electron chi connectivity index (χ0n) is 13.4. The van der Waals surface area contributed by atoms with E-state index in [0.29, 0.717) is 35.4 Å². The van der Waals surface area contributed by atoms with Crippen LogP contribution in [0.2, 0.25) is 0 Å². The fraction of sp³-hybridized carbons (Fsp3) is 0.211. The summed E-state index contributed by atoms with van der Waals surface area (Å²) in [5.41, 5.74) is 3.32. The molecule has 2 aromatic carbocycles. The third kappa shape index (κ3) is 3.75. The molecule has 0 radical (unpaired) electrons. The van der Waals surface area contributed by atoms with Crippen molar-refractivity contribution in [3.63, 3.8) is 0 Å². The van der Waals surface area contributed by atoms with Gasteiger partial charge in [0.2, 0.25) is 0 Å². The number of aliphatic hydroxyl groups excluding tert-OH is 2. The maximum Gasteiger partial charge on any atom is 0.159 e. The minimum Gasteiger partial charge on any atom is -0.394 e. The van der Waals surface area contributed by atoms with Crippen molar-refractivity contribution >= 4 is 0 Å². The lowest BCUT2D eigenvalue weighted by atomic mass is 9.96. The Morgan fingerprint density at radius 3 is 2.44 bits per heavy atom. The number of nitrogens with zero attached hydrogens (tertiary/aromatic N) is 1. The van der Waals surface area contributed by atoms with Crippen molar-refractivity contribution in [2.75, 3.05) is 6.61 Å². The third-order valence-corrected chi connectivity index (χ3v) is 4.04. The number of H-pyrrole nitrogens is 1. The van der Waals surface area contributed by atoms with Crippen LogP contribution in [0.1, 0.15) is 12.1 Å². The molecule has 0 amide bonds. The molecular formula is C19H18F2N2O2. The quantitative estimate of drug-likeness (QED) is 0.643. The topological polar surface area (TPSA) is 69.1 Å². The summed E-state index contributed by atoms with van der Waals surface area (Å²) in [6.07, 6.45) is -0.110. The van der Waals surface area contributed by atoms with Crippen LogP contribution in [0.15, 0.2) is 48.5 Å². The summed E-state index contributed by atoms with van der Waals surface area (Å²) in [5, 5.41) is 25.8. The fourth-order valence-corrected chi connectivity index (χ4v) is 2.73. The Bertz CT molecular complexity index is 850. The van der Waals surface area contributed by atoms with Gasteiger partial charge in [-0.1, -0.05) is 36.4 Å². The molecule has 0 aliphatic heterocycles. The summed E-state index contributed by atoms with van der Waals surface area (Å²) >= 11 is 0. The summed E-state index contributed by atoms with van der Waals surface area (Å²) in [4.78, 5) is 0. The molecule has 0 unspecified atom stereocenters. The van der Waals surface area contributed by atoms with E-state index in [2.05, 4.69) is 10.2 Å². The number of nitrogens with one attached hydrogen (secondary N) is 1. The minimum absolute atomic E-state index is 0.323. The first-order valence-electron chi connectivity index (χ1n) is 7.97. The van der Waals surface area contributed by atoms with Crippen LogP contribution in [-0.4, -0.2) is 33.1 Å². The van der Waals surface area contributed by atoms with Gasteiger partial charge in [0.15, 0.2) is 11.6 Å². The van der Waals surface area contributed by atoms with E-state index in [9.17, 15) is 13.9 Å². The monoisotopic (exact) mass is 344 g/mol. The summed E-state index contributed by atoms with van der Waals surface area (Å²) in [7, 11) is 0. The van der Waals surface area contributed by atoms with Gasteiger partial charge in [-0.2, -0.15) is 5.10 Å². The van der Waals surface area contributed by atoms with Crippen LogP contribution in [-0.2, 0) is 6.42 Å². The highest BCUT2D eigenvalue weighted by molar-refractivity contribution is 5.82. The molecule has 6 heteroatoms. The van der Waals surface area contributed by atoms with Gasteiger partial charge in [-0.25, -0.2) is 8.78 Å². The standard InChI is InChI=1S/C19H18F2N2O2/c20-15-8-6-13(10-16(15)21)18-17(9-7-14(25)11-24)22-23-19(18)12-4-2-1-3-5-12/h1-6,8,10,14,24-25H,7,9,11H2,(H,22,23)/t14-/m0/s1. The van der Waals surface area contributed by atoms with Gasteiger partial charge in [0.05, 0.1) is 12.7 Å². The van der Waals surface area contributed by atoms with Gasteiger partial charge in [0.1, 0.15) is 5.69 Å². The van der Waals surface area contributed by atoms with Crippen LogP contribution in [0, 0.1) is 11.6 Å². The molecule has 1 heterocycles. The molecule has 0 saturated carbocycles. The number of rotatable bonds is 6. The average molecular weight is 344 g/mol. The van der Waals surface area contributed by atoms with Crippen LogP contribution in [0.5, 0.6) is 0 Å². The van der Waals surface area contributed by atoms with Crippen LogP contribution >= 0.6 is 0 Å². The van der Waals surface area contributed by atoms with Gasteiger partial charge in [0.25, 0.3) is 0 Å². The number of benzene rings is 2. The molecule has 25 heavy (non-hydrogen) atoms. The van der Waals surface area contributed by atoms with E-state index in [-0.39, 0.29) is 6.61 Å². The molecule has 3 rings (SSSR count). The van der Waals surface area contributed by atoms with E-state index < -0.39 is 17.7 Å². The zero-order chi connectivity index (χ0) is 17.8. The first-order chi connectivity index (χ1) is 12.1. The van der Waals surface area contributed by atoms with E-state index in [1.165, 1.54) is 6.07 Å². The summed E-state index contributed by atoms with van der Waals surface area (Å²) in [6.45, 7) is -0.333. The van der Waals surface area contributed by atoms with Crippen LogP contribution < -0.4 is 0 Å². The van der Waals surface area contributed by atoms with Crippen molar-refractivity contribution in [3.8, 4) is 22.4 Å². The van der Waals surface area contributed by atoms with E-state index >= 15 is 0 Å².